The topological polar surface area (TPSA) is 52.5 Å². The van der Waals surface area contributed by atoms with Crippen LogP contribution in [0.5, 0.6) is 5.75 Å². The summed E-state index contributed by atoms with van der Waals surface area (Å²) in [6.45, 7) is 6.30. The summed E-state index contributed by atoms with van der Waals surface area (Å²) in [4.78, 5) is 0. The Morgan fingerprint density at radius 3 is 2.50 bits per heavy atom. The first-order chi connectivity index (χ1) is 8.49. The Labute approximate surface area is 117 Å². The van der Waals surface area contributed by atoms with Crippen molar-refractivity contribution in [3.05, 3.63) is 28.2 Å². The molecule has 2 unspecified atom stereocenters. The van der Waals surface area contributed by atoms with Gasteiger partial charge in [0.15, 0.2) is 0 Å². The fourth-order valence-corrected chi connectivity index (χ4v) is 2.33. The fraction of sp³-hybridized carbons (Fsp3) is 0.571. The zero-order valence-electron chi connectivity index (χ0n) is 11.2. The smallest absolute Gasteiger partial charge is 0.120 e. The van der Waals surface area contributed by atoms with E-state index in [0.29, 0.717) is 5.92 Å². The van der Waals surface area contributed by atoms with Gasteiger partial charge in [0.1, 0.15) is 5.75 Å². The number of aliphatic hydroxyl groups is 1. The molecule has 1 aromatic rings. The second-order valence-corrected chi connectivity index (χ2v) is 5.78. The highest BCUT2D eigenvalue weighted by molar-refractivity contribution is 9.10. The number of phenols is 1. The molecule has 4 heteroatoms. The van der Waals surface area contributed by atoms with Crippen LogP contribution in [0.4, 0.5) is 0 Å². The lowest BCUT2D eigenvalue weighted by molar-refractivity contribution is 0.197. The highest BCUT2D eigenvalue weighted by Gasteiger charge is 2.20. The van der Waals surface area contributed by atoms with Gasteiger partial charge < -0.3 is 15.5 Å². The van der Waals surface area contributed by atoms with Crippen molar-refractivity contribution in [1.29, 1.82) is 0 Å². The van der Waals surface area contributed by atoms with Crippen molar-refractivity contribution in [2.75, 3.05) is 6.61 Å². The monoisotopic (exact) mass is 315 g/mol. The maximum Gasteiger partial charge on any atom is 0.120 e. The molecule has 18 heavy (non-hydrogen) atoms. The summed E-state index contributed by atoms with van der Waals surface area (Å²) in [6, 6.07) is 5.51. The molecule has 1 aromatic carbocycles. The maximum absolute atomic E-state index is 9.94. The van der Waals surface area contributed by atoms with Crippen LogP contribution in [-0.4, -0.2) is 22.9 Å². The predicted molar refractivity (Wildman–Crippen MR) is 77.7 cm³/mol. The summed E-state index contributed by atoms with van der Waals surface area (Å²) in [7, 11) is 0. The van der Waals surface area contributed by atoms with Gasteiger partial charge in [-0.05, 0) is 30.5 Å². The van der Waals surface area contributed by atoms with Crippen LogP contribution >= 0.6 is 15.9 Å². The van der Waals surface area contributed by atoms with E-state index in [4.69, 9.17) is 0 Å². The van der Waals surface area contributed by atoms with Gasteiger partial charge in [0.25, 0.3) is 0 Å². The molecule has 0 heterocycles. The zero-order chi connectivity index (χ0) is 13.7. The zero-order valence-corrected chi connectivity index (χ0v) is 12.7. The highest BCUT2D eigenvalue weighted by atomic mass is 79.9. The molecule has 0 bridgehead atoms. The fourth-order valence-electron chi connectivity index (χ4n) is 1.95. The van der Waals surface area contributed by atoms with Crippen molar-refractivity contribution in [2.45, 2.75) is 39.3 Å². The molecule has 0 saturated carbocycles. The van der Waals surface area contributed by atoms with Crippen LogP contribution in [0.15, 0.2) is 22.7 Å². The molecule has 0 fully saturated rings. The second kappa shape index (κ2) is 7.12. The molecular weight excluding hydrogens is 294 g/mol. The standard InChI is InChI=1S/C14H22BrNO2/c1-4-12(16-13(8-17)9(2)3)11-7-10(15)5-6-14(11)18/h5-7,9,12-13,16-18H,4,8H2,1-3H3. The molecular formula is C14H22BrNO2. The Morgan fingerprint density at radius 1 is 1.33 bits per heavy atom. The van der Waals surface area contributed by atoms with E-state index in [1.165, 1.54) is 0 Å². The van der Waals surface area contributed by atoms with Crippen molar-refractivity contribution in [2.24, 2.45) is 5.92 Å². The Bertz CT molecular complexity index is 382. The van der Waals surface area contributed by atoms with Crippen molar-refractivity contribution in [3.8, 4) is 5.75 Å². The van der Waals surface area contributed by atoms with E-state index >= 15 is 0 Å². The number of rotatable bonds is 6. The molecule has 1 rings (SSSR count). The summed E-state index contributed by atoms with van der Waals surface area (Å²) in [5.41, 5.74) is 0.867. The second-order valence-electron chi connectivity index (χ2n) is 4.86. The van der Waals surface area contributed by atoms with Gasteiger partial charge in [-0.3, -0.25) is 0 Å². The largest absolute Gasteiger partial charge is 0.508 e. The quantitative estimate of drug-likeness (QED) is 0.755. The number of aromatic hydroxyl groups is 1. The first-order valence-corrected chi connectivity index (χ1v) is 7.14. The first kappa shape index (κ1) is 15.5. The molecule has 2 atom stereocenters. The van der Waals surface area contributed by atoms with Crippen LogP contribution in [-0.2, 0) is 0 Å². The summed E-state index contributed by atoms with van der Waals surface area (Å²) >= 11 is 3.42. The van der Waals surface area contributed by atoms with E-state index in [9.17, 15) is 10.2 Å². The average Bonchev–Trinajstić information content (AvgIpc) is 2.34. The number of aliphatic hydroxyl groups excluding tert-OH is 1. The van der Waals surface area contributed by atoms with Gasteiger partial charge >= 0.3 is 0 Å². The van der Waals surface area contributed by atoms with Crippen LogP contribution in [0.25, 0.3) is 0 Å². The van der Waals surface area contributed by atoms with Gasteiger partial charge in [-0.25, -0.2) is 0 Å². The van der Waals surface area contributed by atoms with Crippen LogP contribution in [0.1, 0.15) is 38.8 Å². The number of hydrogen-bond donors (Lipinski definition) is 3. The van der Waals surface area contributed by atoms with Crippen LogP contribution in [0.2, 0.25) is 0 Å². The summed E-state index contributed by atoms with van der Waals surface area (Å²) in [5.74, 6) is 0.636. The number of phenolic OH excluding ortho intramolecular Hbond substituents is 1. The van der Waals surface area contributed by atoms with Crippen molar-refractivity contribution < 1.29 is 10.2 Å². The van der Waals surface area contributed by atoms with E-state index in [1.54, 1.807) is 6.07 Å². The van der Waals surface area contributed by atoms with Gasteiger partial charge in [0, 0.05) is 22.1 Å². The molecule has 0 spiro atoms. The summed E-state index contributed by atoms with van der Waals surface area (Å²) in [6.07, 6.45) is 0.854. The average molecular weight is 316 g/mol. The lowest BCUT2D eigenvalue weighted by atomic mass is 9.99. The molecule has 0 aliphatic carbocycles. The minimum atomic E-state index is 0.0355. The summed E-state index contributed by atoms with van der Waals surface area (Å²) in [5, 5.41) is 22.7. The van der Waals surface area contributed by atoms with E-state index in [-0.39, 0.29) is 24.4 Å². The third kappa shape index (κ3) is 3.97. The van der Waals surface area contributed by atoms with Gasteiger partial charge in [0.2, 0.25) is 0 Å². The van der Waals surface area contributed by atoms with Gasteiger partial charge in [-0.1, -0.05) is 36.7 Å². The third-order valence-corrected chi connectivity index (χ3v) is 3.68. The minimum absolute atomic E-state index is 0.0355. The molecule has 0 saturated heterocycles. The van der Waals surface area contributed by atoms with Crippen molar-refractivity contribution in [1.82, 2.24) is 5.32 Å². The predicted octanol–water partition coefficient (Wildman–Crippen LogP) is 3.21. The lowest BCUT2D eigenvalue weighted by Crippen LogP contribution is -2.39. The number of halogens is 1. The SMILES string of the molecule is CCC(NC(CO)C(C)C)c1cc(Br)ccc1O. The van der Waals surface area contributed by atoms with E-state index in [2.05, 4.69) is 42.0 Å². The van der Waals surface area contributed by atoms with E-state index in [1.807, 2.05) is 12.1 Å². The Morgan fingerprint density at radius 2 is 2.00 bits per heavy atom. The van der Waals surface area contributed by atoms with Crippen molar-refractivity contribution in [3.63, 3.8) is 0 Å². The normalized spacial score (nSPS) is 14.8. The Kier molecular flexibility index (Phi) is 6.12. The van der Waals surface area contributed by atoms with Gasteiger partial charge in [0.05, 0.1) is 6.61 Å². The van der Waals surface area contributed by atoms with Gasteiger partial charge in [-0.15, -0.1) is 0 Å². The lowest BCUT2D eigenvalue weighted by Gasteiger charge is -2.27. The first-order valence-electron chi connectivity index (χ1n) is 6.34. The molecule has 3 nitrogen and oxygen atoms in total. The van der Waals surface area contributed by atoms with Crippen LogP contribution < -0.4 is 5.32 Å². The third-order valence-electron chi connectivity index (χ3n) is 3.19. The van der Waals surface area contributed by atoms with Gasteiger partial charge in [-0.2, -0.15) is 0 Å². The van der Waals surface area contributed by atoms with Crippen LogP contribution in [0.3, 0.4) is 0 Å². The van der Waals surface area contributed by atoms with E-state index < -0.39 is 0 Å². The van der Waals surface area contributed by atoms with Crippen molar-refractivity contribution >= 4 is 15.9 Å². The molecule has 0 aromatic heterocycles. The number of nitrogens with one attached hydrogen (secondary N) is 1. The van der Waals surface area contributed by atoms with Crippen LogP contribution in [0, 0.1) is 5.92 Å². The maximum atomic E-state index is 9.94. The molecule has 0 amide bonds. The Balaban J connectivity index is 2.91. The van der Waals surface area contributed by atoms with E-state index in [0.717, 1.165) is 16.5 Å². The minimum Gasteiger partial charge on any atom is -0.508 e. The molecule has 3 N–H and O–H groups in total. The molecule has 0 radical (unpaired) electrons. The highest BCUT2D eigenvalue weighted by Crippen LogP contribution is 2.30. The summed E-state index contributed by atoms with van der Waals surface area (Å²) < 4.78 is 0.945. The molecule has 0 aliphatic rings. The number of benzene rings is 1. The number of hydrogen-bond acceptors (Lipinski definition) is 3. The molecule has 102 valence electrons. The molecule has 0 aliphatic heterocycles. The Hall–Kier alpha value is -0.580.